The summed E-state index contributed by atoms with van der Waals surface area (Å²) in [4.78, 5) is 50.7. The number of nitrogens with one attached hydrogen (secondary N) is 7. The van der Waals surface area contributed by atoms with Gasteiger partial charge in [0.25, 0.3) is 0 Å². The number of para-hydroxylation sites is 3. The molecule has 9 aromatic heterocycles. The standard InChI is InChI=1S/2C29H26FN7S.C29H27N7S2.C28H26N8/c1-35-28(38)25-26(32-22-11-9-21(30)10-12-22)36(34-27(25)37-24-4-2-3-23(24)33-29(35)37)17-18-5-7-19(8-6-18)20-13-15-31-16-14-20;1-35-28(38)25-26(31-20-7-3-2-4-8-20)36(34-27(25)37-23-11-5-10-22(23)33-29(35)37)17-18-13-15-19(16-14-18)21-9-6-12-24(30)32-21;1-34-28(38)25-26(30-20-7-3-2-4-8-20)35(33-27(25)36-23-11-5-10-22(23)32-29(34)36)17-18-13-15-19(16-14-18)21-9-6-12-24(37)31-21;29-25-24-26(31-20-7-2-1-3-8-20)35(17-18-12-14-19(15-13-18)21-9-4-5-16-30-21)34-27(24)36-23-11-6-10-22(23)32-28(36)33-25/h5-16,23-24,32H,2-4,17H2,1H3;2-4,6-9,12-16,22-23,31H,5,10-11,17H2,1H3;2-4,6-9,12-16,22-23,30H,5,10-11,17H2,1H3,(H,31,37);1-5,7-9,12-16,22-23,31H,6,10-11,17H2,(H2,29,32,33)/t23-,24+;3*22-,23+/m1111/s1. The van der Waals surface area contributed by atoms with Crippen molar-refractivity contribution in [2.75, 3.05) is 62.4 Å². The van der Waals surface area contributed by atoms with Crippen LogP contribution in [0.4, 0.5) is 78.2 Å². The lowest BCUT2D eigenvalue weighted by Gasteiger charge is -2.35. The molecule has 0 radical (unpaired) electrons. The van der Waals surface area contributed by atoms with Crippen LogP contribution >= 0.6 is 48.9 Å². The van der Waals surface area contributed by atoms with E-state index in [4.69, 9.17) is 89.7 Å². The van der Waals surface area contributed by atoms with Gasteiger partial charge in [-0.25, -0.2) is 43.1 Å². The number of pyridine rings is 4. The largest absolute Gasteiger partial charge is 0.351 e. The van der Waals surface area contributed by atoms with Crippen LogP contribution in [0.2, 0.25) is 0 Å². The molecule has 8 aromatic carbocycles. The van der Waals surface area contributed by atoms with Crippen molar-refractivity contribution < 1.29 is 8.78 Å². The normalized spacial score (nSPS) is 19.3. The highest BCUT2D eigenvalue weighted by atomic mass is 32.1. The first-order valence-corrected chi connectivity index (χ1v) is 52.7. The van der Waals surface area contributed by atoms with Crippen LogP contribution in [0.3, 0.4) is 0 Å². The van der Waals surface area contributed by atoms with Crippen molar-refractivity contribution in [1.82, 2.24) is 83.3 Å². The maximum Gasteiger partial charge on any atom is 0.213 e. The molecule has 7 aliphatic heterocycles. The van der Waals surface area contributed by atoms with Gasteiger partial charge in [-0.05, 0) is 225 Å². The second-order valence-electron chi connectivity index (χ2n) is 39.5. The number of H-pyrrole nitrogens is 1. The van der Waals surface area contributed by atoms with Crippen molar-refractivity contribution in [3.8, 4) is 44.9 Å². The Morgan fingerprint density at radius 2 is 0.767 bits per heavy atom. The average molecular weight is 2060 g/mol. The highest BCUT2D eigenvalue weighted by Gasteiger charge is 2.52. The summed E-state index contributed by atoms with van der Waals surface area (Å²) in [7, 11) is 6.01. The summed E-state index contributed by atoms with van der Waals surface area (Å²) in [6.45, 7) is 2.27. The summed E-state index contributed by atoms with van der Waals surface area (Å²) in [6, 6.07) is 93.4. The summed E-state index contributed by atoms with van der Waals surface area (Å²) in [5.74, 6) is 8.70. The number of halogens is 2. The molecule has 748 valence electrons. The predicted molar refractivity (Wildman–Crippen MR) is 602 cm³/mol. The first-order chi connectivity index (χ1) is 73.4. The SMILES string of the molecule is CN1C(=S)c2c(nn(Cc3ccc(-c4cccc(=S)[nH]4)cc3)c2Nc2ccccc2)N2C1=N[C@@H]1CCC[C@@H]12.CN1C(=S)c2c(nn(Cc3ccc(-c4cccc(F)n4)cc3)c2Nc2ccccc2)N2C1=N[C@@H]1CCC[C@@H]12.CN1C(=S)c2c(nn(Cc3ccc(-c4ccncc4)cc3)c2Nc2ccc(F)cc2)N2C1=N[C@@H]1CCC[C@@H]12.N=c1nc2n(c3nn(Cc4ccc(-c5ccccn5)cc4)c(Nc4ccccc4)c13)[C@H]1CCC[C@H]1N2. The van der Waals surface area contributed by atoms with Gasteiger partial charge >= 0.3 is 0 Å². The van der Waals surface area contributed by atoms with E-state index in [0.29, 0.717) is 84.1 Å². The zero-order chi connectivity index (χ0) is 101. The van der Waals surface area contributed by atoms with Crippen LogP contribution in [0.15, 0.2) is 313 Å². The molecule has 35 heteroatoms. The molecule has 29 nitrogen and oxygen atoms in total. The topological polar surface area (TPSA) is 284 Å². The second-order valence-corrected chi connectivity index (χ2v) is 41.1. The van der Waals surface area contributed by atoms with Crippen molar-refractivity contribution >= 4 is 162 Å². The molecule has 0 unspecified atom stereocenters. The van der Waals surface area contributed by atoms with Crippen molar-refractivity contribution in [2.24, 2.45) is 15.0 Å². The summed E-state index contributed by atoms with van der Waals surface area (Å²) in [5, 5.41) is 47.9. The number of rotatable bonds is 20. The Hall–Kier alpha value is -16.5. The molecule has 0 amide bonds. The van der Waals surface area contributed by atoms with Crippen LogP contribution in [0.1, 0.15) is 122 Å². The number of anilines is 12. The Balaban J connectivity index is 0.000000104. The fourth-order valence-corrected chi connectivity index (χ4v) is 23.8. The molecule has 16 heterocycles. The van der Waals surface area contributed by atoms with Crippen molar-refractivity contribution in [3.63, 3.8) is 0 Å². The number of hydrogen-bond donors (Lipinski definition) is 7. The number of hydrogen-bond acceptors (Lipinski definition) is 24. The third-order valence-corrected chi connectivity index (χ3v) is 31.8. The molecule has 28 rings (SSSR count). The molecule has 0 bridgehead atoms. The van der Waals surface area contributed by atoms with Gasteiger partial charge in [0, 0.05) is 85.3 Å². The molecule has 0 saturated heterocycles. The molecule has 11 aliphatic rings. The van der Waals surface area contributed by atoms with Gasteiger partial charge < -0.3 is 46.3 Å². The number of nitrogens with zero attached hydrogens (tertiary/aromatic N) is 22. The number of guanidine groups is 3. The van der Waals surface area contributed by atoms with Crippen LogP contribution in [-0.2, 0) is 26.2 Å². The van der Waals surface area contributed by atoms with Gasteiger partial charge in [0.15, 0.2) is 28.6 Å². The Morgan fingerprint density at radius 1 is 0.367 bits per heavy atom. The number of aliphatic imine (C=N–C) groups is 3. The maximum atomic E-state index is 13.6. The molecule has 8 atom stereocenters. The molecular weight excluding hydrogens is 1950 g/mol. The summed E-state index contributed by atoms with van der Waals surface area (Å²) in [5.41, 5.74) is 19.8. The van der Waals surface area contributed by atoms with E-state index in [2.05, 4.69) is 161 Å². The van der Waals surface area contributed by atoms with Gasteiger partial charge in [-0.1, -0.05) is 219 Å². The van der Waals surface area contributed by atoms with E-state index in [1.165, 1.54) is 37.5 Å². The summed E-state index contributed by atoms with van der Waals surface area (Å²) < 4.78 is 38.2. The molecule has 17 aromatic rings. The lowest BCUT2D eigenvalue weighted by Crippen LogP contribution is -2.51. The van der Waals surface area contributed by atoms with E-state index in [1.54, 1.807) is 30.6 Å². The maximum absolute atomic E-state index is 13.6. The van der Waals surface area contributed by atoms with Gasteiger partial charge in [0.1, 0.15) is 54.1 Å². The minimum atomic E-state index is -0.486. The predicted octanol–water partition coefficient (Wildman–Crippen LogP) is 22.4. The van der Waals surface area contributed by atoms with Gasteiger partial charge in [0.05, 0.1) is 96.6 Å². The minimum absolute atomic E-state index is 0.235. The average Bonchev–Trinajstić information content (AvgIpc) is 1.57. The number of aromatic amines is 1. The van der Waals surface area contributed by atoms with E-state index >= 15 is 0 Å². The Labute approximate surface area is 885 Å². The third kappa shape index (κ3) is 17.9. The van der Waals surface area contributed by atoms with E-state index in [0.717, 1.165) is 244 Å². The van der Waals surface area contributed by atoms with E-state index in [9.17, 15) is 8.78 Å². The Morgan fingerprint density at radius 3 is 1.22 bits per heavy atom. The van der Waals surface area contributed by atoms with Crippen molar-refractivity contribution in [1.29, 1.82) is 5.41 Å². The smallest absolute Gasteiger partial charge is 0.213 e. The zero-order valence-electron chi connectivity index (χ0n) is 82.5. The highest BCUT2D eigenvalue weighted by molar-refractivity contribution is 7.81. The van der Waals surface area contributed by atoms with Gasteiger partial charge in [-0.3, -0.25) is 34.6 Å². The zero-order valence-corrected chi connectivity index (χ0v) is 85.7. The van der Waals surface area contributed by atoms with Gasteiger partial charge in [0.2, 0.25) is 29.8 Å². The van der Waals surface area contributed by atoms with E-state index in [1.807, 2.05) is 214 Å². The van der Waals surface area contributed by atoms with Gasteiger partial charge in [-0.15, -0.1) is 0 Å². The first-order valence-electron chi connectivity index (χ1n) is 51.1. The van der Waals surface area contributed by atoms with Crippen LogP contribution in [0, 0.1) is 21.8 Å². The summed E-state index contributed by atoms with van der Waals surface area (Å²) in [6.07, 6.45) is 19.0. The molecular formula is C115H105F2N29S4. The molecule has 4 saturated carbocycles. The number of thiocarbonyl (C=S) groups is 3. The highest BCUT2D eigenvalue weighted by Crippen LogP contribution is 2.50. The number of benzene rings is 8. The van der Waals surface area contributed by atoms with Gasteiger partial charge in [-0.2, -0.15) is 29.8 Å². The summed E-state index contributed by atoms with van der Waals surface area (Å²) >= 11 is 23.3. The fraction of sp³-hybridized carbons (Fsp3) is 0.235. The minimum Gasteiger partial charge on any atom is -0.351 e. The Bertz CT molecular complexity index is 8270. The van der Waals surface area contributed by atoms with Crippen molar-refractivity contribution in [3.05, 3.63) is 358 Å². The van der Waals surface area contributed by atoms with E-state index in [-0.39, 0.29) is 17.3 Å². The third-order valence-electron chi connectivity index (χ3n) is 30.2. The van der Waals surface area contributed by atoms with Crippen LogP contribution in [-0.4, -0.2) is 180 Å². The van der Waals surface area contributed by atoms with Crippen LogP contribution in [0.5, 0.6) is 0 Å². The van der Waals surface area contributed by atoms with Crippen LogP contribution < -0.4 is 46.8 Å². The Kier molecular flexibility index (Phi) is 25.2. The molecule has 4 fully saturated rings. The number of fused-ring (bicyclic) bond motifs is 20. The number of aromatic nitrogens is 14. The van der Waals surface area contributed by atoms with Crippen molar-refractivity contribution in [2.45, 2.75) is 152 Å². The second kappa shape index (κ2) is 39.9. The quantitative estimate of drug-likeness (QED) is 0.0276. The fourth-order valence-electron chi connectivity index (χ4n) is 22.8. The molecule has 4 aliphatic carbocycles. The first kappa shape index (κ1) is 94.5. The molecule has 0 spiro atoms. The van der Waals surface area contributed by atoms with E-state index < -0.39 is 5.95 Å². The monoisotopic (exact) mass is 2060 g/mol. The van der Waals surface area contributed by atoms with Crippen LogP contribution in [0.25, 0.3) is 55.9 Å². The lowest BCUT2D eigenvalue weighted by atomic mass is 10.1. The molecule has 7 N–H and O–H groups in total. The lowest BCUT2D eigenvalue weighted by molar-refractivity contribution is 0.538. The molecule has 150 heavy (non-hydrogen) atoms.